The van der Waals surface area contributed by atoms with Crippen molar-refractivity contribution in [1.82, 2.24) is 0 Å². The summed E-state index contributed by atoms with van der Waals surface area (Å²) in [6, 6.07) is 5.93. The van der Waals surface area contributed by atoms with Crippen LogP contribution in [0, 0.1) is 5.92 Å². The van der Waals surface area contributed by atoms with Gasteiger partial charge >= 0.3 is 5.97 Å². The number of hydrogen-bond acceptors (Lipinski definition) is 4. The molecule has 1 unspecified atom stereocenters. The Morgan fingerprint density at radius 1 is 1.35 bits per heavy atom. The molecule has 0 bridgehead atoms. The van der Waals surface area contributed by atoms with Crippen molar-refractivity contribution >= 4 is 27.4 Å². The largest absolute Gasteiger partial charge is 0.478 e. The van der Waals surface area contributed by atoms with E-state index >= 15 is 0 Å². The minimum absolute atomic E-state index is 0.0512. The molecule has 6 nitrogen and oxygen atoms in total. The maximum atomic E-state index is 11.8. The average Bonchev–Trinajstić information content (AvgIpc) is 2.68. The summed E-state index contributed by atoms with van der Waals surface area (Å²) < 4.78 is 22.6. The highest BCUT2D eigenvalue weighted by Gasteiger charge is 2.29. The number of rotatable bonds is 4. The first-order chi connectivity index (χ1) is 9.35. The van der Waals surface area contributed by atoms with Gasteiger partial charge in [0.2, 0.25) is 5.91 Å². The van der Waals surface area contributed by atoms with Gasteiger partial charge in [-0.25, -0.2) is 13.2 Å². The molecule has 7 heteroatoms. The van der Waals surface area contributed by atoms with Gasteiger partial charge in [0.05, 0.1) is 17.1 Å². The lowest BCUT2D eigenvalue weighted by atomic mass is 10.0. The number of aromatic carboxylic acids is 1. The van der Waals surface area contributed by atoms with Gasteiger partial charge in [0, 0.05) is 12.1 Å². The maximum absolute atomic E-state index is 11.8. The van der Waals surface area contributed by atoms with Gasteiger partial charge in [0.1, 0.15) is 0 Å². The number of sulfone groups is 1. The van der Waals surface area contributed by atoms with E-state index in [0.29, 0.717) is 12.1 Å². The van der Waals surface area contributed by atoms with Gasteiger partial charge in [-0.15, -0.1) is 0 Å². The van der Waals surface area contributed by atoms with Crippen LogP contribution in [-0.4, -0.2) is 36.9 Å². The molecule has 2 rings (SSSR count). The molecule has 1 aliphatic heterocycles. The Balaban J connectivity index is 1.95. The van der Waals surface area contributed by atoms with Gasteiger partial charge in [-0.1, -0.05) is 6.07 Å². The van der Waals surface area contributed by atoms with Crippen molar-refractivity contribution in [3.8, 4) is 0 Å². The molecule has 20 heavy (non-hydrogen) atoms. The summed E-state index contributed by atoms with van der Waals surface area (Å²) in [6.07, 6.45) is 0.640. The molecule has 1 amide bonds. The van der Waals surface area contributed by atoms with Crippen LogP contribution in [0.3, 0.4) is 0 Å². The molecule has 0 aromatic heterocycles. The number of carbonyl (C=O) groups excluding carboxylic acids is 1. The SMILES string of the molecule is O=C(CC1CCS(=O)(=O)C1)Nc1cccc(C(=O)O)c1. The van der Waals surface area contributed by atoms with Crippen LogP contribution in [0.15, 0.2) is 24.3 Å². The first-order valence-corrected chi connectivity index (χ1v) is 8.01. The Hall–Kier alpha value is -1.89. The van der Waals surface area contributed by atoms with Gasteiger partial charge in [-0.2, -0.15) is 0 Å². The number of anilines is 1. The lowest BCUT2D eigenvalue weighted by molar-refractivity contribution is -0.116. The Bertz CT molecular complexity index is 638. The summed E-state index contributed by atoms with van der Waals surface area (Å²) in [5, 5.41) is 11.4. The third-order valence-corrected chi connectivity index (χ3v) is 5.03. The van der Waals surface area contributed by atoms with Crippen LogP contribution in [0.25, 0.3) is 0 Å². The Kier molecular flexibility index (Phi) is 4.08. The lowest BCUT2D eigenvalue weighted by Gasteiger charge is -2.09. The lowest BCUT2D eigenvalue weighted by Crippen LogP contribution is -2.17. The quantitative estimate of drug-likeness (QED) is 0.868. The van der Waals surface area contributed by atoms with Crippen molar-refractivity contribution < 1.29 is 23.1 Å². The normalized spacial score (nSPS) is 20.5. The van der Waals surface area contributed by atoms with E-state index < -0.39 is 15.8 Å². The van der Waals surface area contributed by atoms with Crippen LogP contribution < -0.4 is 5.32 Å². The molecule has 108 valence electrons. The average molecular weight is 297 g/mol. The van der Waals surface area contributed by atoms with Crippen LogP contribution in [0.5, 0.6) is 0 Å². The minimum atomic E-state index is -2.99. The van der Waals surface area contributed by atoms with E-state index in [1.807, 2.05) is 0 Å². The summed E-state index contributed by atoms with van der Waals surface area (Å²) in [4.78, 5) is 22.6. The molecule has 0 aliphatic carbocycles. The van der Waals surface area contributed by atoms with E-state index in [-0.39, 0.29) is 35.3 Å². The zero-order chi connectivity index (χ0) is 14.8. The molecule has 1 aromatic carbocycles. The maximum Gasteiger partial charge on any atom is 0.335 e. The molecule has 1 aromatic rings. The van der Waals surface area contributed by atoms with Crippen LogP contribution in [0.1, 0.15) is 23.2 Å². The minimum Gasteiger partial charge on any atom is -0.478 e. The predicted molar refractivity (Wildman–Crippen MR) is 73.4 cm³/mol. The van der Waals surface area contributed by atoms with Crippen molar-refractivity contribution in [3.05, 3.63) is 29.8 Å². The van der Waals surface area contributed by atoms with E-state index in [1.165, 1.54) is 12.1 Å². The van der Waals surface area contributed by atoms with Crippen molar-refractivity contribution in [1.29, 1.82) is 0 Å². The van der Waals surface area contributed by atoms with E-state index in [1.54, 1.807) is 12.1 Å². The van der Waals surface area contributed by atoms with E-state index in [4.69, 9.17) is 5.11 Å². The molecule has 0 radical (unpaired) electrons. The standard InChI is InChI=1S/C13H15NO5S/c15-12(6-9-4-5-20(18,19)8-9)14-11-3-1-2-10(7-11)13(16)17/h1-3,7,9H,4-6,8H2,(H,14,15)(H,16,17). The molecule has 0 saturated carbocycles. The third-order valence-electron chi connectivity index (χ3n) is 3.19. The van der Waals surface area contributed by atoms with E-state index in [2.05, 4.69) is 5.32 Å². The summed E-state index contributed by atoms with van der Waals surface area (Å²) in [7, 11) is -2.99. The van der Waals surface area contributed by atoms with Gasteiger partial charge < -0.3 is 10.4 Å². The predicted octanol–water partition coefficient (Wildman–Crippen LogP) is 1.15. The number of benzene rings is 1. The van der Waals surface area contributed by atoms with Crippen LogP contribution in [0.2, 0.25) is 0 Å². The van der Waals surface area contributed by atoms with Crippen molar-refractivity contribution in [2.75, 3.05) is 16.8 Å². The molecule has 1 saturated heterocycles. The number of amides is 1. The van der Waals surface area contributed by atoms with Crippen LogP contribution in [0.4, 0.5) is 5.69 Å². The molecule has 0 spiro atoms. The molecule has 1 atom stereocenters. The molecular weight excluding hydrogens is 282 g/mol. The zero-order valence-electron chi connectivity index (χ0n) is 10.7. The number of carboxylic acid groups (broad SMARTS) is 1. The third kappa shape index (κ3) is 3.80. The Labute approximate surface area is 116 Å². The van der Waals surface area contributed by atoms with Crippen molar-refractivity contribution in [2.24, 2.45) is 5.92 Å². The topological polar surface area (TPSA) is 101 Å². The van der Waals surface area contributed by atoms with E-state index in [9.17, 15) is 18.0 Å². The van der Waals surface area contributed by atoms with Crippen molar-refractivity contribution in [2.45, 2.75) is 12.8 Å². The summed E-state index contributed by atoms with van der Waals surface area (Å²) in [6.45, 7) is 0. The number of carbonyl (C=O) groups is 2. The van der Waals surface area contributed by atoms with Gasteiger partial charge in [-0.05, 0) is 30.5 Å². The number of nitrogens with one attached hydrogen (secondary N) is 1. The van der Waals surface area contributed by atoms with Gasteiger partial charge in [0.25, 0.3) is 0 Å². The highest BCUT2D eigenvalue weighted by molar-refractivity contribution is 7.91. The highest BCUT2D eigenvalue weighted by Crippen LogP contribution is 2.22. The smallest absolute Gasteiger partial charge is 0.335 e. The monoisotopic (exact) mass is 297 g/mol. The summed E-state index contributed by atoms with van der Waals surface area (Å²) in [5.41, 5.74) is 0.488. The van der Waals surface area contributed by atoms with Crippen LogP contribution >= 0.6 is 0 Å². The number of hydrogen-bond donors (Lipinski definition) is 2. The Morgan fingerprint density at radius 3 is 2.70 bits per heavy atom. The van der Waals surface area contributed by atoms with Gasteiger partial charge in [-0.3, -0.25) is 4.79 Å². The first kappa shape index (κ1) is 14.5. The molecule has 2 N–H and O–H groups in total. The molecular formula is C13H15NO5S. The molecule has 1 heterocycles. The molecule has 1 fully saturated rings. The summed E-state index contributed by atoms with van der Waals surface area (Å²) >= 11 is 0. The second kappa shape index (κ2) is 5.62. The van der Waals surface area contributed by atoms with Crippen molar-refractivity contribution in [3.63, 3.8) is 0 Å². The second-order valence-corrected chi connectivity index (χ2v) is 7.14. The second-order valence-electron chi connectivity index (χ2n) is 4.91. The Morgan fingerprint density at radius 2 is 2.10 bits per heavy atom. The fourth-order valence-corrected chi connectivity index (χ4v) is 4.10. The fraction of sp³-hybridized carbons (Fsp3) is 0.385. The first-order valence-electron chi connectivity index (χ1n) is 6.19. The van der Waals surface area contributed by atoms with Crippen LogP contribution in [-0.2, 0) is 14.6 Å². The molecule has 1 aliphatic rings. The zero-order valence-corrected chi connectivity index (χ0v) is 11.5. The fourth-order valence-electron chi connectivity index (χ4n) is 2.24. The van der Waals surface area contributed by atoms with Gasteiger partial charge in [0.15, 0.2) is 9.84 Å². The van der Waals surface area contributed by atoms with E-state index in [0.717, 1.165) is 0 Å². The summed E-state index contributed by atoms with van der Waals surface area (Å²) in [5.74, 6) is -1.32. The highest BCUT2D eigenvalue weighted by atomic mass is 32.2. The number of carboxylic acids is 1.